The van der Waals surface area contributed by atoms with Crippen LogP contribution in [0.2, 0.25) is 0 Å². The predicted octanol–water partition coefficient (Wildman–Crippen LogP) is 0.159. The first kappa shape index (κ1) is 13.3. The number of ketones is 1. The summed E-state index contributed by atoms with van der Waals surface area (Å²) in [5, 5.41) is 19.4. The van der Waals surface area contributed by atoms with E-state index in [4.69, 9.17) is 5.73 Å². The molecule has 4 N–H and O–H groups in total. The average Bonchev–Trinajstić information content (AvgIpc) is 2.27. The molecule has 92 valence electrons. The number of primary amides is 1. The molecule has 5 heteroatoms. The molecule has 0 radical (unpaired) electrons. The van der Waals surface area contributed by atoms with Crippen molar-refractivity contribution in [3.05, 3.63) is 35.4 Å². The summed E-state index contributed by atoms with van der Waals surface area (Å²) in [5.74, 6) is -0.928. The molecule has 0 fully saturated rings. The van der Waals surface area contributed by atoms with Gasteiger partial charge in [0, 0.05) is 5.56 Å². The summed E-state index contributed by atoms with van der Waals surface area (Å²) in [4.78, 5) is 22.0. The van der Waals surface area contributed by atoms with Crippen LogP contribution in [-0.2, 0) is 4.79 Å². The van der Waals surface area contributed by atoms with Gasteiger partial charge in [-0.15, -0.1) is 0 Å². The Labute approximate surface area is 98.9 Å². The molecular formula is C12H15NO4. The Hall–Kier alpha value is -1.72. The lowest BCUT2D eigenvalue weighted by Gasteiger charge is -2.18. The van der Waals surface area contributed by atoms with Gasteiger partial charge in [-0.2, -0.15) is 0 Å². The lowest BCUT2D eigenvalue weighted by atomic mass is 9.95. The third-order valence-corrected chi connectivity index (χ3v) is 2.43. The summed E-state index contributed by atoms with van der Waals surface area (Å²) in [5.41, 5.74) is 5.55. The van der Waals surface area contributed by atoms with Crippen LogP contribution in [0.1, 0.15) is 35.4 Å². The second-order valence-corrected chi connectivity index (χ2v) is 3.83. The summed E-state index contributed by atoms with van der Waals surface area (Å²) < 4.78 is 0. The molecule has 2 unspecified atom stereocenters. The topological polar surface area (TPSA) is 101 Å². The van der Waals surface area contributed by atoms with Crippen molar-refractivity contribution in [1.82, 2.24) is 0 Å². The molecule has 0 saturated heterocycles. The van der Waals surface area contributed by atoms with E-state index in [2.05, 4.69) is 0 Å². The number of aliphatic hydroxyl groups is 2. The minimum absolute atomic E-state index is 0.217. The van der Waals surface area contributed by atoms with Gasteiger partial charge in [0.25, 0.3) is 0 Å². The first-order valence-electron chi connectivity index (χ1n) is 5.17. The van der Waals surface area contributed by atoms with Crippen molar-refractivity contribution in [3.63, 3.8) is 0 Å². The summed E-state index contributed by atoms with van der Waals surface area (Å²) in [7, 11) is 0. The highest BCUT2D eigenvalue weighted by molar-refractivity contribution is 5.95. The van der Waals surface area contributed by atoms with E-state index in [0.717, 1.165) is 0 Å². The van der Waals surface area contributed by atoms with Gasteiger partial charge in [-0.3, -0.25) is 9.59 Å². The number of carbonyl (C=O) groups is 2. The molecule has 1 amide bonds. The van der Waals surface area contributed by atoms with Crippen LogP contribution >= 0.6 is 0 Å². The average molecular weight is 237 g/mol. The molecule has 0 spiro atoms. The lowest BCUT2D eigenvalue weighted by Crippen LogP contribution is -2.26. The maximum absolute atomic E-state index is 11.3. The molecule has 0 aliphatic heterocycles. The third kappa shape index (κ3) is 3.37. The fourth-order valence-electron chi connectivity index (χ4n) is 1.60. The minimum Gasteiger partial charge on any atom is -0.390 e. The fraction of sp³-hybridized carbons (Fsp3) is 0.333. The van der Waals surface area contributed by atoms with Crippen molar-refractivity contribution in [2.45, 2.75) is 25.6 Å². The van der Waals surface area contributed by atoms with Crippen LogP contribution in [0, 0.1) is 0 Å². The summed E-state index contributed by atoms with van der Waals surface area (Å²) >= 11 is 0. The minimum atomic E-state index is -1.31. The fourth-order valence-corrected chi connectivity index (χ4v) is 1.60. The Bertz CT molecular complexity index is 430. The van der Waals surface area contributed by atoms with Crippen molar-refractivity contribution < 1.29 is 19.8 Å². The second kappa shape index (κ2) is 5.56. The van der Waals surface area contributed by atoms with E-state index >= 15 is 0 Å². The van der Waals surface area contributed by atoms with Gasteiger partial charge in [0.2, 0.25) is 5.91 Å². The highest BCUT2D eigenvalue weighted by Crippen LogP contribution is 2.22. The van der Waals surface area contributed by atoms with E-state index < -0.39 is 18.1 Å². The van der Waals surface area contributed by atoms with Crippen LogP contribution < -0.4 is 5.73 Å². The molecular weight excluding hydrogens is 222 g/mol. The van der Waals surface area contributed by atoms with Gasteiger partial charge < -0.3 is 15.9 Å². The molecule has 1 aromatic rings. The van der Waals surface area contributed by atoms with E-state index in [0.29, 0.717) is 11.1 Å². The highest BCUT2D eigenvalue weighted by Gasteiger charge is 2.23. The van der Waals surface area contributed by atoms with Gasteiger partial charge in [0.15, 0.2) is 5.78 Å². The van der Waals surface area contributed by atoms with Gasteiger partial charge in [-0.25, -0.2) is 0 Å². The largest absolute Gasteiger partial charge is 0.390 e. The molecule has 0 aliphatic rings. The van der Waals surface area contributed by atoms with Gasteiger partial charge in [-0.05, 0) is 12.5 Å². The van der Waals surface area contributed by atoms with Gasteiger partial charge >= 0.3 is 0 Å². The SMILES string of the molecule is CC(=O)c1ccccc1C(O)C(O)CC(N)=O. The molecule has 1 rings (SSSR count). The first-order valence-corrected chi connectivity index (χ1v) is 5.17. The number of Topliss-reactive ketones (excluding diaryl/α,β-unsaturated/α-hetero) is 1. The molecule has 0 saturated carbocycles. The van der Waals surface area contributed by atoms with Gasteiger partial charge in [0.05, 0.1) is 12.5 Å². The van der Waals surface area contributed by atoms with Crippen LogP contribution in [0.3, 0.4) is 0 Å². The normalized spacial score (nSPS) is 14.1. The Balaban J connectivity index is 2.99. The molecule has 0 heterocycles. The van der Waals surface area contributed by atoms with Gasteiger partial charge in [-0.1, -0.05) is 24.3 Å². The summed E-state index contributed by atoms with van der Waals surface area (Å²) in [6.07, 6.45) is -2.97. The van der Waals surface area contributed by atoms with Crippen LogP contribution in [0.5, 0.6) is 0 Å². The first-order chi connectivity index (χ1) is 7.93. The Morgan fingerprint density at radius 2 is 1.88 bits per heavy atom. The van der Waals surface area contributed by atoms with E-state index in [1.54, 1.807) is 18.2 Å². The van der Waals surface area contributed by atoms with Crippen LogP contribution in [0.4, 0.5) is 0 Å². The Morgan fingerprint density at radius 3 is 2.41 bits per heavy atom. The Kier molecular flexibility index (Phi) is 4.37. The van der Waals surface area contributed by atoms with E-state index in [9.17, 15) is 19.8 Å². The number of aliphatic hydroxyl groups excluding tert-OH is 2. The van der Waals surface area contributed by atoms with Gasteiger partial charge in [0.1, 0.15) is 6.10 Å². The lowest BCUT2D eigenvalue weighted by molar-refractivity contribution is -0.121. The van der Waals surface area contributed by atoms with Crippen LogP contribution in [0.25, 0.3) is 0 Å². The van der Waals surface area contributed by atoms with E-state index in [1.165, 1.54) is 13.0 Å². The van der Waals surface area contributed by atoms with Crippen molar-refractivity contribution >= 4 is 11.7 Å². The van der Waals surface area contributed by atoms with Crippen LogP contribution in [-0.4, -0.2) is 28.0 Å². The van der Waals surface area contributed by atoms with Crippen molar-refractivity contribution in [1.29, 1.82) is 0 Å². The highest BCUT2D eigenvalue weighted by atomic mass is 16.3. The predicted molar refractivity (Wildman–Crippen MR) is 61.2 cm³/mol. The number of hydrogen-bond acceptors (Lipinski definition) is 4. The molecule has 2 atom stereocenters. The molecule has 5 nitrogen and oxygen atoms in total. The smallest absolute Gasteiger partial charge is 0.220 e. The van der Waals surface area contributed by atoms with Crippen LogP contribution in [0.15, 0.2) is 24.3 Å². The number of carbonyl (C=O) groups excluding carboxylic acids is 2. The number of nitrogens with two attached hydrogens (primary N) is 1. The number of benzene rings is 1. The number of hydrogen-bond donors (Lipinski definition) is 3. The third-order valence-electron chi connectivity index (χ3n) is 2.43. The number of rotatable bonds is 5. The van der Waals surface area contributed by atoms with Crippen molar-refractivity contribution in [2.24, 2.45) is 5.73 Å². The van der Waals surface area contributed by atoms with Crippen molar-refractivity contribution in [3.8, 4) is 0 Å². The molecule has 0 aliphatic carbocycles. The zero-order valence-electron chi connectivity index (χ0n) is 9.46. The molecule has 0 bridgehead atoms. The van der Waals surface area contributed by atoms with E-state index in [-0.39, 0.29) is 12.2 Å². The Morgan fingerprint density at radius 1 is 1.29 bits per heavy atom. The molecule has 0 aromatic heterocycles. The zero-order valence-corrected chi connectivity index (χ0v) is 9.46. The van der Waals surface area contributed by atoms with Crippen molar-refractivity contribution in [2.75, 3.05) is 0 Å². The van der Waals surface area contributed by atoms with E-state index in [1.807, 2.05) is 0 Å². The second-order valence-electron chi connectivity index (χ2n) is 3.83. The zero-order chi connectivity index (χ0) is 13.0. The summed E-state index contributed by atoms with van der Waals surface area (Å²) in [6, 6.07) is 6.39. The molecule has 17 heavy (non-hydrogen) atoms. The standard InChI is InChI=1S/C12H15NO4/c1-7(14)8-4-2-3-5-9(8)12(17)10(15)6-11(13)16/h2-5,10,12,15,17H,6H2,1H3,(H2,13,16). The monoisotopic (exact) mass is 237 g/mol. The quantitative estimate of drug-likeness (QED) is 0.635. The molecule has 1 aromatic carbocycles. The summed E-state index contributed by atoms with van der Waals surface area (Å²) in [6.45, 7) is 1.37. The number of amides is 1. The maximum atomic E-state index is 11.3. The maximum Gasteiger partial charge on any atom is 0.220 e.